The summed E-state index contributed by atoms with van der Waals surface area (Å²) in [5, 5.41) is 0. The summed E-state index contributed by atoms with van der Waals surface area (Å²) in [4.78, 5) is 12.3. The first-order chi connectivity index (χ1) is 5.79. The largest absolute Gasteiger partial charge is 0.332 e. The number of hydrogen-bond donors (Lipinski definition) is 0. The van der Waals surface area contributed by atoms with Crippen molar-refractivity contribution >= 4 is 11.6 Å². The number of anilines is 2. The molecule has 0 amide bonds. The fourth-order valence-electron chi connectivity index (χ4n) is 1.16. The Labute approximate surface area is 71.2 Å². The van der Waals surface area contributed by atoms with E-state index in [0.29, 0.717) is 0 Å². The molecule has 0 saturated heterocycles. The van der Waals surface area contributed by atoms with Crippen LogP contribution in [0.4, 0.5) is 11.6 Å². The fraction of sp³-hybridized carbons (Fsp3) is 0.250. The van der Waals surface area contributed by atoms with Crippen LogP contribution in [0.15, 0.2) is 24.8 Å². The molecule has 0 atom stereocenters. The van der Waals surface area contributed by atoms with E-state index in [-0.39, 0.29) is 0 Å². The highest BCUT2D eigenvalue weighted by molar-refractivity contribution is 5.66. The Bertz CT molecular complexity index is 290. The first-order valence-corrected chi connectivity index (χ1v) is 3.74. The van der Waals surface area contributed by atoms with Crippen LogP contribution in [0.1, 0.15) is 0 Å². The van der Waals surface area contributed by atoms with E-state index in [2.05, 4.69) is 9.97 Å². The van der Waals surface area contributed by atoms with Crippen LogP contribution >= 0.6 is 0 Å². The number of rotatable bonds is 0. The molecule has 1 aromatic rings. The molecule has 2 heterocycles. The SMILES string of the molecule is CN1C=CN(C)c2nccnc21. The quantitative estimate of drug-likeness (QED) is 0.565. The van der Waals surface area contributed by atoms with Crippen molar-refractivity contribution in [2.75, 3.05) is 23.9 Å². The summed E-state index contributed by atoms with van der Waals surface area (Å²) in [6, 6.07) is 0. The van der Waals surface area contributed by atoms with E-state index in [1.54, 1.807) is 12.4 Å². The highest BCUT2D eigenvalue weighted by Gasteiger charge is 2.14. The Balaban J connectivity index is 2.54. The van der Waals surface area contributed by atoms with Crippen LogP contribution in [0.25, 0.3) is 0 Å². The van der Waals surface area contributed by atoms with Crippen molar-refractivity contribution in [1.29, 1.82) is 0 Å². The van der Waals surface area contributed by atoms with E-state index in [1.807, 2.05) is 36.3 Å². The van der Waals surface area contributed by atoms with Crippen molar-refractivity contribution in [2.45, 2.75) is 0 Å². The van der Waals surface area contributed by atoms with Crippen molar-refractivity contribution in [3.05, 3.63) is 24.8 Å². The lowest BCUT2D eigenvalue weighted by Gasteiger charge is -2.25. The van der Waals surface area contributed by atoms with Gasteiger partial charge in [-0.2, -0.15) is 0 Å². The molecule has 1 aliphatic rings. The zero-order valence-electron chi connectivity index (χ0n) is 7.10. The summed E-state index contributed by atoms with van der Waals surface area (Å²) in [7, 11) is 3.91. The maximum atomic E-state index is 4.22. The summed E-state index contributed by atoms with van der Waals surface area (Å²) in [6.45, 7) is 0. The van der Waals surface area contributed by atoms with Gasteiger partial charge < -0.3 is 9.80 Å². The fourth-order valence-corrected chi connectivity index (χ4v) is 1.16. The number of aromatic nitrogens is 2. The average molecular weight is 162 g/mol. The molecule has 4 nitrogen and oxygen atoms in total. The Morgan fingerprint density at radius 2 is 1.33 bits per heavy atom. The van der Waals surface area contributed by atoms with Crippen molar-refractivity contribution in [1.82, 2.24) is 9.97 Å². The van der Waals surface area contributed by atoms with Gasteiger partial charge in [0.05, 0.1) is 0 Å². The predicted octanol–water partition coefficient (Wildman–Crippen LogP) is 0.834. The smallest absolute Gasteiger partial charge is 0.176 e. The van der Waals surface area contributed by atoms with Gasteiger partial charge in [-0.15, -0.1) is 0 Å². The third-order valence-electron chi connectivity index (χ3n) is 1.84. The van der Waals surface area contributed by atoms with Gasteiger partial charge in [-0.3, -0.25) is 0 Å². The highest BCUT2D eigenvalue weighted by Crippen LogP contribution is 2.25. The Kier molecular flexibility index (Phi) is 1.46. The van der Waals surface area contributed by atoms with Gasteiger partial charge in [0.15, 0.2) is 11.6 Å². The molecular weight excluding hydrogens is 152 g/mol. The van der Waals surface area contributed by atoms with Crippen LogP contribution in [0, 0.1) is 0 Å². The first-order valence-electron chi connectivity index (χ1n) is 3.74. The highest BCUT2D eigenvalue weighted by atomic mass is 15.3. The second-order valence-electron chi connectivity index (χ2n) is 2.72. The third-order valence-corrected chi connectivity index (χ3v) is 1.84. The molecular formula is C8H10N4. The number of nitrogens with zero attached hydrogens (tertiary/aromatic N) is 4. The molecule has 0 aliphatic carbocycles. The van der Waals surface area contributed by atoms with Gasteiger partial charge in [-0.25, -0.2) is 9.97 Å². The molecule has 4 heteroatoms. The van der Waals surface area contributed by atoms with Crippen LogP contribution in [-0.4, -0.2) is 24.1 Å². The summed E-state index contributed by atoms with van der Waals surface area (Å²) in [5.41, 5.74) is 0. The second-order valence-corrected chi connectivity index (χ2v) is 2.72. The van der Waals surface area contributed by atoms with Gasteiger partial charge in [0.1, 0.15) is 0 Å². The molecule has 0 unspecified atom stereocenters. The van der Waals surface area contributed by atoms with Gasteiger partial charge in [0.2, 0.25) is 0 Å². The molecule has 0 spiro atoms. The monoisotopic (exact) mass is 162 g/mol. The van der Waals surface area contributed by atoms with Crippen molar-refractivity contribution in [3.63, 3.8) is 0 Å². The summed E-state index contributed by atoms with van der Waals surface area (Å²) >= 11 is 0. The van der Waals surface area contributed by atoms with Crippen LogP contribution in [-0.2, 0) is 0 Å². The first kappa shape index (κ1) is 7.09. The minimum Gasteiger partial charge on any atom is -0.332 e. The standard InChI is InChI=1S/C8H10N4/c1-11-5-6-12(2)8-7(11)9-3-4-10-8/h3-6H,1-2H3. The van der Waals surface area contributed by atoms with Crippen LogP contribution in [0.5, 0.6) is 0 Å². The molecule has 0 radical (unpaired) electrons. The van der Waals surface area contributed by atoms with Gasteiger partial charge in [0, 0.05) is 38.9 Å². The lowest BCUT2D eigenvalue weighted by atomic mass is 10.4. The minimum absolute atomic E-state index is 0.891. The zero-order chi connectivity index (χ0) is 8.55. The lowest BCUT2D eigenvalue weighted by Crippen LogP contribution is -2.23. The van der Waals surface area contributed by atoms with Gasteiger partial charge in [-0.05, 0) is 0 Å². The Hall–Kier alpha value is -1.58. The van der Waals surface area contributed by atoms with Crippen LogP contribution in [0.3, 0.4) is 0 Å². The maximum Gasteiger partial charge on any atom is 0.176 e. The van der Waals surface area contributed by atoms with Crippen LogP contribution in [0.2, 0.25) is 0 Å². The van der Waals surface area contributed by atoms with Crippen molar-refractivity contribution in [2.24, 2.45) is 0 Å². The second kappa shape index (κ2) is 2.48. The van der Waals surface area contributed by atoms with E-state index < -0.39 is 0 Å². The van der Waals surface area contributed by atoms with Gasteiger partial charge in [-0.1, -0.05) is 0 Å². The maximum absolute atomic E-state index is 4.22. The zero-order valence-corrected chi connectivity index (χ0v) is 7.10. The molecule has 0 aromatic carbocycles. The lowest BCUT2D eigenvalue weighted by molar-refractivity contribution is 0.991. The average Bonchev–Trinajstić information content (AvgIpc) is 2.12. The normalized spacial score (nSPS) is 14.8. The third kappa shape index (κ3) is 0.922. The molecule has 0 bridgehead atoms. The van der Waals surface area contributed by atoms with E-state index in [9.17, 15) is 0 Å². The van der Waals surface area contributed by atoms with Gasteiger partial charge >= 0.3 is 0 Å². The van der Waals surface area contributed by atoms with Crippen LogP contribution < -0.4 is 9.80 Å². The van der Waals surface area contributed by atoms with E-state index in [0.717, 1.165) is 11.6 Å². The van der Waals surface area contributed by atoms with E-state index >= 15 is 0 Å². The number of fused-ring (bicyclic) bond motifs is 1. The van der Waals surface area contributed by atoms with Crippen molar-refractivity contribution in [3.8, 4) is 0 Å². The van der Waals surface area contributed by atoms with Crippen molar-refractivity contribution < 1.29 is 0 Å². The Morgan fingerprint density at radius 3 is 1.75 bits per heavy atom. The molecule has 0 fully saturated rings. The number of hydrogen-bond acceptors (Lipinski definition) is 4. The summed E-state index contributed by atoms with van der Waals surface area (Å²) in [6.07, 6.45) is 7.30. The molecule has 0 N–H and O–H groups in total. The molecule has 12 heavy (non-hydrogen) atoms. The Morgan fingerprint density at radius 1 is 0.917 bits per heavy atom. The topological polar surface area (TPSA) is 32.3 Å². The predicted molar refractivity (Wildman–Crippen MR) is 48.0 cm³/mol. The molecule has 2 rings (SSSR count). The van der Waals surface area contributed by atoms with E-state index in [4.69, 9.17) is 0 Å². The molecule has 62 valence electrons. The molecule has 1 aromatic heterocycles. The minimum atomic E-state index is 0.891. The summed E-state index contributed by atoms with van der Waals surface area (Å²) < 4.78 is 0. The van der Waals surface area contributed by atoms with E-state index in [1.165, 1.54) is 0 Å². The van der Waals surface area contributed by atoms with Gasteiger partial charge in [0.25, 0.3) is 0 Å². The molecule has 0 saturated carbocycles. The molecule has 1 aliphatic heterocycles. The summed E-state index contributed by atoms with van der Waals surface area (Å²) in [5.74, 6) is 1.78.